The zero-order valence-corrected chi connectivity index (χ0v) is 16.1. The van der Waals surface area contributed by atoms with E-state index in [2.05, 4.69) is 15.4 Å². The van der Waals surface area contributed by atoms with Crippen molar-refractivity contribution >= 4 is 39.9 Å². The Hall–Kier alpha value is -1.68. The lowest BCUT2D eigenvalue weighted by Crippen LogP contribution is -2.39. The van der Waals surface area contributed by atoms with Crippen molar-refractivity contribution in [2.24, 2.45) is 11.1 Å². The van der Waals surface area contributed by atoms with Gasteiger partial charge in [-0.15, -0.1) is 12.4 Å². The molecule has 0 unspecified atom stereocenters. The summed E-state index contributed by atoms with van der Waals surface area (Å²) in [6.45, 7) is 5.33. The van der Waals surface area contributed by atoms with Crippen LogP contribution < -0.4 is 21.1 Å². The minimum atomic E-state index is -3.68. The van der Waals surface area contributed by atoms with E-state index in [9.17, 15) is 18.0 Å². The molecule has 142 valence electrons. The fourth-order valence-electron chi connectivity index (χ4n) is 1.65. The molecular weight excluding hydrogens is 368 g/mol. The molecule has 0 aliphatic rings. The van der Waals surface area contributed by atoms with Crippen LogP contribution in [-0.4, -0.2) is 39.9 Å². The van der Waals surface area contributed by atoms with Crippen LogP contribution in [0.15, 0.2) is 29.2 Å². The molecule has 1 aromatic rings. The maximum atomic E-state index is 12.0. The summed E-state index contributed by atoms with van der Waals surface area (Å²) in [5.41, 5.74) is 5.01. The van der Waals surface area contributed by atoms with E-state index < -0.39 is 21.3 Å². The monoisotopic (exact) mass is 392 g/mol. The number of benzene rings is 1. The third kappa shape index (κ3) is 7.82. The van der Waals surface area contributed by atoms with E-state index in [4.69, 9.17) is 5.73 Å². The predicted octanol–water partition coefficient (Wildman–Crippen LogP) is 0.446. The topological polar surface area (TPSA) is 130 Å². The summed E-state index contributed by atoms with van der Waals surface area (Å²) < 4.78 is 26.4. The highest BCUT2D eigenvalue weighted by atomic mass is 35.5. The highest BCUT2D eigenvalue weighted by Crippen LogP contribution is 2.15. The van der Waals surface area contributed by atoms with Crippen molar-refractivity contribution in [3.05, 3.63) is 24.3 Å². The number of halogens is 1. The zero-order valence-electron chi connectivity index (χ0n) is 14.5. The Morgan fingerprint density at radius 1 is 1.20 bits per heavy atom. The second-order valence-corrected chi connectivity index (χ2v) is 7.96. The average molecular weight is 393 g/mol. The van der Waals surface area contributed by atoms with Gasteiger partial charge in [0.05, 0.1) is 11.4 Å². The second-order valence-electron chi connectivity index (χ2n) is 6.20. The number of carbonyl (C=O) groups is 2. The first-order valence-corrected chi connectivity index (χ1v) is 8.92. The van der Waals surface area contributed by atoms with Crippen LogP contribution >= 0.6 is 12.4 Å². The Kier molecular flexibility index (Phi) is 9.06. The first kappa shape index (κ1) is 23.3. The van der Waals surface area contributed by atoms with Crippen LogP contribution in [0.5, 0.6) is 0 Å². The average Bonchev–Trinajstić information content (AvgIpc) is 2.50. The van der Waals surface area contributed by atoms with Crippen molar-refractivity contribution in [2.75, 3.05) is 25.0 Å². The lowest BCUT2D eigenvalue weighted by atomic mass is 9.96. The number of hydrogen-bond donors (Lipinski definition) is 4. The van der Waals surface area contributed by atoms with E-state index >= 15 is 0 Å². The molecule has 10 heteroatoms. The number of nitrogens with one attached hydrogen (secondary N) is 3. The lowest BCUT2D eigenvalue weighted by Gasteiger charge is -2.17. The Morgan fingerprint density at radius 3 is 2.40 bits per heavy atom. The van der Waals surface area contributed by atoms with Gasteiger partial charge in [-0.3, -0.25) is 9.59 Å². The Bertz CT molecular complexity index is 702. The third-order valence-corrected chi connectivity index (χ3v) is 4.41. The van der Waals surface area contributed by atoms with E-state index in [0.717, 1.165) is 0 Å². The van der Waals surface area contributed by atoms with Crippen LogP contribution in [0.25, 0.3) is 0 Å². The van der Waals surface area contributed by atoms with Gasteiger partial charge in [-0.05, 0) is 18.2 Å². The van der Waals surface area contributed by atoms with Crippen LogP contribution in [-0.2, 0) is 19.6 Å². The number of rotatable bonds is 7. The minimum Gasteiger partial charge on any atom is -0.347 e. The van der Waals surface area contributed by atoms with Gasteiger partial charge in [-0.25, -0.2) is 13.1 Å². The van der Waals surface area contributed by atoms with Crippen LogP contribution in [0.1, 0.15) is 20.8 Å². The minimum absolute atomic E-state index is 0. The molecule has 1 rings (SSSR count). The standard InChI is InChI=1S/C15H24N4O4S.ClH/c1-15(2,3)14(21)17-10-13(20)19-11-5-4-6-12(9-11)24(22,23)18-8-7-16;/h4-6,9,18H,7-8,10,16H2,1-3H3,(H,17,21)(H,19,20);1H. The van der Waals surface area contributed by atoms with Gasteiger partial charge in [0, 0.05) is 24.2 Å². The van der Waals surface area contributed by atoms with E-state index in [1.165, 1.54) is 18.2 Å². The molecule has 2 amide bonds. The summed E-state index contributed by atoms with van der Waals surface area (Å²) in [4.78, 5) is 23.6. The summed E-state index contributed by atoms with van der Waals surface area (Å²) in [7, 11) is -3.68. The van der Waals surface area contributed by atoms with Gasteiger partial charge in [0.25, 0.3) is 0 Å². The molecular formula is C15H25ClN4O4S. The highest BCUT2D eigenvalue weighted by Gasteiger charge is 2.21. The van der Waals surface area contributed by atoms with Crippen LogP contribution in [0.4, 0.5) is 5.69 Å². The van der Waals surface area contributed by atoms with Gasteiger partial charge in [0.1, 0.15) is 0 Å². The number of sulfonamides is 1. The molecule has 8 nitrogen and oxygen atoms in total. The Balaban J connectivity index is 0.00000576. The molecule has 0 radical (unpaired) electrons. The first-order valence-electron chi connectivity index (χ1n) is 7.44. The molecule has 0 aliphatic carbocycles. The SMILES string of the molecule is CC(C)(C)C(=O)NCC(=O)Nc1cccc(S(=O)(=O)NCCN)c1.Cl. The largest absolute Gasteiger partial charge is 0.347 e. The molecule has 0 heterocycles. The van der Waals surface area contributed by atoms with E-state index in [-0.39, 0.29) is 42.8 Å². The van der Waals surface area contributed by atoms with Crippen molar-refractivity contribution < 1.29 is 18.0 Å². The molecule has 1 aromatic carbocycles. The summed E-state index contributed by atoms with van der Waals surface area (Å²) >= 11 is 0. The number of carbonyl (C=O) groups excluding carboxylic acids is 2. The highest BCUT2D eigenvalue weighted by molar-refractivity contribution is 7.89. The van der Waals surface area contributed by atoms with Crippen molar-refractivity contribution in [2.45, 2.75) is 25.7 Å². The van der Waals surface area contributed by atoms with Crippen LogP contribution in [0.3, 0.4) is 0 Å². The number of nitrogens with two attached hydrogens (primary N) is 1. The molecule has 5 N–H and O–H groups in total. The molecule has 0 fully saturated rings. The summed E-state index contributed by atoms with van der Waals surface area (Å²) in [5.74, 6) is -0.697. The second kappa shape index (κ2) is 9.71. The predicted molar refractivity (Wildman–Crippen MR) is 99.0 cm³/mol. The molecule has 0 aromatic heterocycles. The smallest absolute Gasteiger partial charge is 0.243 e. The maximum absolute atomic E-state index is 12.0. The van der Waals surface area contributed by atoms with Gasteiger partial charge in [0.2, 0.25) is 21.8 Å². The first-order chi connectivity index (χ1) is 11.1. The molecule has 0 aliphatic heterocycles. The van der Waals surface area contributed by atoms with Crippen LogP contribution in [0, 0.1) is 5.41 Å². The van der Waals surface area contributed by atoms with Crippen molar-refractivity contribution in [1.82, 2.24) is 10.0 Å². The van der Waals surface area contributed by atoms with Gasteiger partial charge in [-0.1, -0.05) is 26.8 Å². The Morgan fingerprint density at radius 2 is 1.84 bits per heavy atom. The summed E-state index contributed by atoms with van der Waals surface area (Å²) in [5, 5.41) is 5.07. The zero-order chi connectivity index (χ0) is 18.4. The lowest BCUT2D eigenvalue weighted by molar-refractivity contribution is -0.130. The molecule has 0 saturated heterocycles. The molecule has 25 heavy (non-hydrogen) atoms. The fraction of sp³-hybridized carbons (Fsp3) is 0.467. The molecule has 0 atom stereocenters. The van der Waals surface area contributed by atoms with Gasteiger partial charge >= 0.3 is 0 Å². The number of hydrogen-bond acceptors (Lipinski definition) is 5. The quantitative estimate of drug-likeness (QED) is 0.535. The summed E-state index contributed by atoms with van der Waals surface area (Å²) in [6.07, 6.45) is 0. The third-order valence-electron chi connectivity index (χ3n) is 2.96. The number of anilines is 1. The molecule has 0 saturated carbocycles. The normalized spacial score (nSPS) is 11.4. The van der Waals surface area contributed by atoms with Crippen molar-refractivity contribution in [3.8, 4) is 0 Å². The van der Waals surface area contributed by atoms with E-state index in [0.29, 0.717) is 5.69 Å². The van der Waals surface area contributed by atoms with Crippen molar-refractivity contribution in [1.29, 1.82) is 0 Å². The molecule has 0 spiro atoms. The Labute approximate surface area is 154 Å². The molecule has 0 bridgehead atoms. The fourth-order valence-corrected chi connectivity index (χ4v) is 2.74. The summed E-state index contributed by atoms with van der Waals surface area (Å²) in [6, 6.07) is 5.82. The van der Waals surface area contributed by atoms with Gasteiger partial charge < -0.3 is 16.4 Å². The number of amides is 2. The van der Waals surface area contributed by atoms with Gasteiger partial charge in [-0.2, -0.15) is 0 Å². The maximum Gasteiger partial charge on any atom is 0.243 e. The van der Waals surface area contributed by atoms with Gasteiger partial charge in [0.15, 0.2) is 0 Å². The van der Waals surface area contributed by atoms with Crippen molar-refractivity contribution in [3.63, 3.8) is 0 Å². The van der Waals surface area contributed by atoms with E-state index in [1.54, 1.807) is 26.8 Å². The van der Waals surface area contributed by atoms with Crippen LogP contribution in [0.2, 0.25) is 0 Å². The van der Waals surface area contributed by atoms with E-state index in [1.807, 2.05) is 0 Å².